The smallest absolute Gasteiger partial charge is 0.251 e. The summed E-state index contributed by atoms with van der Waals surface area (Å²) in [6, 6.07) is 2.30. The summed E-state index contributed by atoms with van der Waals surface area (Å²) >= 11 is 0. The lowest BCUT2D eigenvalue weighted by Crippen LogP contribution is -2.16. The van der Waals surface area contributed by atoms with Crippen molar-refractivity contribution in [2.75, 3.05) is 12.1 Å². The zero-order valence-corrected chi connectivity index (χ0v) is 10.8. The molecule has 1 rings (SSSR count). The highest BCUT2D eigenvalue weighted by atomic mass is 19.4. The number of pyridine rings is 1. The molecule has 18 heavy (non-hydrogen) atoms. The number of nitrogens with zero attached hydrogens (tertiary/aromatic N) is 3. The lowest BCUT2D eigenvalue weighted by atomic mass is 10.1. The molecular formula is C12H16F3N3. The van der Waals surface area contributed by atoms with Crippen LogP contribution in [0.3, 0.4) is 0 Å². The summed E-state index contributed by atoms with van der Waals surface area (Å²) < 4.78 is 37.1. The summed E-state index contributed by atoms with van der Waals surface area (Å²) in [5.74, 6) is 0.657. The first kappa shape index (κ1) is 14.5. The number of hydrogen-bond acceptors (Lipinski definition) is 3. The number of hydrazone groups is 1. The maximum atomic E-state index is 12.4. The van der Waals surface area contributed by atoms with E-state index < -0.39 is 11.7 Å². The van der Waals surface area contributed by atoms with Crippen LogP contribution in [0.4, 0.5) is 19.0 Å². The molecule has 0 saturated carbocycles. The predicted molar refractivity (Wildman–Crippen MR) is 65.6 cm³/mol. The van der Waals surface area contributed by atoms with E-state index in [1.807, 2.05) is 20.8 Å². The zero-order valence-electron chi connectivity index (χ0n) is 10.8. The Balaban J connectivity index is 2.89. The first-order valence-corrected chi connectivity index (χ1v) is 5.54. The minimum atomic E-state index is -4.36. The molecule has 0 aliphatic rings. The van der Waals surface area contributed by atoms with Gasteiger partial charge in [0.2, 0.25) is 0 Å². The molecule has 0 saturated heterocycles. The Morgan fingerprint density at radius 2 is 1.94 bits per heavy atom. The van der Waals surface area contributed by atoms with Gasteiger partial charge in [0.1, 0.15) is 5.82 Å². The van der Waals surface area contributed by atoms with Crippen LogP contribution in [0.15, 0.2) is 23.4 Å². The van der Waals surface area contributed by atoms with Gasteiger partial charge in [-0.15, -0.1) is 0 Å². The number of rotatable bonds is 3. The third-order valence-electron chi connectivity index (χ3n) is 2.55. The van der Waals surface area contributed by atoms with Crippen molar-refractivity contribution in [2.45, 2.75) is 26.9 Å². The van der Waals surface area contributed by atoms with Crippen molar-refractivity contribution in [3.8, 4) is 0 Å². The highest BCUT2D eigenvalue weighted by Gasteiger charge is 2.30. The van der Waals surface area contributed by atoms with Crippen molar-refractivity contribution in [1.29, 1.82) is 0 Å². The Kier molecular flexibility index (Phi) is 4.32. The molecule has 6 heteroatoms. The third-order valence-corrected chi connectivity index (χ3v) is 2.55. The fraction of sp³-hybridized carbons (Fsp3) is 0.500. The van der Waals surface area contributed by atoms with E-state index >= 15 is 0 Å². The van der Waals surface area contributed by atoms with Crippen molar-refractivity contribution in [2.24, 2.45) is 11.0 Å². The summed E-state index contributed by atoms with van der Waals surface area (Å²) in [5.41, 5.74) is 0.128. The topological polar surface area (TPSA) is 28.5 Å². The van der Waals surface area contributed by atoms with Gasteiger partial charge in [-0.2, -0.15) is 18.3 Å². The van der Waals surface area contributed by atoms with Crippen molar-refractivity contribution in [1.82, 2.24) is 4.98 Å². The quantitative estimate of drug-likeness (QED) is 0.613. The van der Waals surface area contributed by atoms with Gasteiger partial charge >= 0.3 is 6.18 Å². The van der Waals surface area contributed by atoms with E-state index in [-0.39, 0.29) is 5.92 Å². The SMILES string of the molecule is C/C(=N\N(C)c1ccc(C(F)(F)F)cn1)C(C)C. The second kappa shape index (κ2) is 5.37. The van der Waals surface area contributed by atoms with E-state index in [2.05, 4.69) is 10.1 Å². The average molecular weight is 259 g/mol. The molecule has 0 amide bonds. The van der Waals surface area contributed by atoms with Gasteiger partial charge in [0, 0.05) is 19.0 Å². The molecule has 1 aromatic heterocycles. The summed E-state index contributed by atoms with van der Waals surface area (Å²) in [6.45, 7) is 5.85. The number of alkyl halides is 3. The van der Waals surface area contributed by atoms with E-state index in [1.165, 1.54) is 11.1 Å². The maximum absolute atomic E-state index is 12.4. The highest BCUT2D eigenvalue weighted by molar-refractivity contribution is 5.84. The molecule has 0 aromatic carbocycles. The summed E-state index contributed by atoms with van der Waals surface area (Å²) in [4.78, 5) is 3.76. The van der Waals surface area contributed by atoms with Crippen LogP contribution in [-0.2, 0) is 6.18 Å². The molecule has 0 fully saturated rings. The lowest BCUT2D eigenvalue weighted by Gasteiger charge is -2.15. The number of halogens is 3. The van der Waals surface area contributed by atoms with E-state index in [0.29, 0.717) is 5.82 Å². The van der Waals surface area contributed by atoms with Crippen LogP contribution in [0.2, 0.25) is 0 Å². The molecule has 0 radical (unpaired) electrons. The number of anilines is 1. The fourth-order valence-corrected chi connectivity index (χ4v) is 1.15. The van der Waals surface area contributed by atoms with E-state index in [1.54, 1.807) is 7.05 Å². The fourth-order valence-electron chi connectivity index (χ4n) is 1.15. The standard InChI is InChI=1S/C12H16F3N3/c1-8(2)9(3)17-18(4)11-6-5-10(7-16-11)12(13,14)15/h5-8H,1-4H3/b17-9+. The van der Waals surface area contributed by atoms with Crippen molar-refractivity contribution < 1.29 is 13.2 Å². The average Bonchev–Trinajstić information content (AvgIpc) is 2.27. The van der Waals surface area contributed by atoms with Crippen molar-refractivity contribution in [3.05, 3.63) is 23.9 Å². The minimum absolute atomic E-state index is 0.280. The lowest BCUT2D eigenvalue weighted by molar-refractivity contribution is -0.137. The Hall–Kier alpha value is -1.59. The molecule has 0 N–H and O–H groups in total. The van der Waals surface area contributed by atoms with Crippen molar-refractivity contribution >= 4 is 11.5 Å². The first-order valence-electron chi connectivity index (χ1n) is 5.54. The Bertz CT molecular complexity index is 421. The molecule has 3 nitrogen and oxygen atoms in total. The molecule has 0 bridgehead atoms. The van der Waals surface area contributed by atoms with Gasteiger partial charge < -0.3 is 0 Å². The van der Waals surface area contributed by atoms with Crippen molar-refractivity contribution in [3.63, 3.8) is 0 Å². The zero-order chi connectivity index (χ0) is 13.9. The number of hydrogen-bond donors (Lipinski definition) is 0. The molecule has 0 aliphatic heterocycles. The Morgan fingerprint density at radius 1 is 1.33 bits per heavy atom. The summed E-state index contributed by atoms with van der Waals surface area (Å²) in [7, 11) is 1.65. The molecule has 100 valence electrons. The van der Waals surface area contributed by atoms with Crippen LogP contribution in [-0.4, -0.2) is 17.7 Å². The molecular weight excluding hydrogens is 243 g/mol. The Morgan fingerprint density at radius 3 is 2.33 bits per heavy atom. The molecule has 0 spiro atoms. The van der Waals surface area contributed by atoms with Crippen LogP contribution < -0.4 is 5.01 Å². The molecule has 0 aliphatic carbocycles. The van der Waals surface area contributed by atoms with E-state index in [4.69, 9.17) is 0 Å². The normalized spacial score (nSPS) is 13.0. The van der Waals surface area contributed by atoms with Gasteiger partial charge in [0.25, 0.3) is 0 Å². The van der Waals surface area contributed by atoms with Crippen LogP contribution in [0, 0.1) is 5.92 Å². The number of aromatic nitrogens is 1. The molecule has 1 aromatic rings. The first-order chi connectivity index (χ1) is 8.21. The molecule has 0 unspecified atom stereocenters. The van der Waals surface area contributed by atoms with Gasteiger partial charge in [-0.25, -0.2) is 4.98 Å². The van der Waals surface area contributed by atoms with Crippen LogP contribution in [0.1, 0.15) is 26.3 Å². The van der Waals surface area contributed by atoms with E-state index in [0.717, 1.165) is 18.0 Å². The second-order valence-electron chi connectivity index (χ2n) is 4.32. The van der Waals surface area contributed by atoms with Gasteiger partial charge in [0.05, 0.1) is 5.56 Å². The van der Waals surface area contributed by atoms with Gasteiger partial charge in [-0.3, -0.25) is 5.01 Å². The maximum Gasteiger partial charge on any atom is 0.417 e. The largest absolute Gasteiger partial charge is 0.417 e. The predicted octanol–water partition coefficient (Wildman–Crippen LogP) is 3.57. The third kappa shape index (κ3) is 3.72. The molecule has 0 atom stereocenters. The van der Waals surface area contributed by atoms with Crippen LogP contribution in [0.5, 0.6) is 0 Å². The Labute approximate surface area is 104 Å². The van der Waals surface area contributed by atoms with E-state index in [9.17, 15) is 13.2 Å². The molecule has 1 heterocycles. The van der Waals surface area contributed by atoms with Gasteiger partial charge in [-0.1, -0.05) is 13.8 Å². The van der Waals surface area contributed by atoms with Crippen LogP contribution in [0.25, 0.3) is 0 Å². The minimum Gasteiger partial charge on any atom is -0.251 e. The van der Waals surface area contributed by atoms with Gasteiger partial charge in [-0.05, 0) is 25.0 Å². The monoisotopic (exact) mass is 259 g/mol. The van der Waals surface area contributed by atoms with Crippen LogP contribution >= 0.6 is 0 Å². The summed E-state index contributed by atoms with van der Waals surface area (Å²) in [5, 5.41) is 5.71. The highest BCUT2D eigenvalue weighted by Crippen LogP contribution is 2.29. The second-order valence-corrected chi connectivity index (χ2v) is 4.32. The summed E-state index contributed by atoms with van der Waals surface area (Å²) in [6.07, 6.45) is -3.55. The van der Waals surface area contributed by atoms with Gasteiger partial charge in [0.15, 0.2) is 0 Å².